The molecule has 0 radical (unpaired) electrons. The van der Waals surface area contributed by atoms with Gasteiger partial charge in [0.2, 0.25) is 0 Å². The number of nitrogens with two attached hydrogens (primary N) is 1. The minimum Gasteiger partial charge on any atom is -0.496 e. The summed E-state index contributed by atoms with van der Waals surface area (Å²) in [5.41, 5.74) is 6.99. The van der Waals surface area contributed by atoms with Gasteiger partial charge in [0.25, 0.3) is 0 Å². The van der Waals surface area contributed by atoms with Crippen LogP contribution < -0.4 is 10.5 Å². The van der Waals surface area contributed by atoms with Gasteiger partial charge >= 0.3 is 0 Å². The maximum atomic E-state index is 13.2. The average Bonchev–Trinajstić information content (AvgIpc) is 2.82. The lowest BCUT2D eigenvalue weighted by Crippen LogP contribution is -2.37. The molecule has 0 bridgehead atoms. The van der Waals surface area contributed by atoms with Gasteiger partial charge in [0.1, 0.15) is 11.6 Å². The molecule has 0 saturated carbocycles. The van der Waals surface area contributed by atoms with Crippen molar-refractivity contribution >= 4 is 0 Å². The average molecular weight is 252 g/mol. The number of rotatable bonds is 5. The summed E-state index contributed by atoms with van der Waals surface area (Å²) < 4.78 is 18.5. The summed E-state index contributed by atoms with van der Waals surface area (Å²) in [6.07, 6.45) is 3.17. The van der Waals surface area contributed by atoms with Gasteiger partial charge in [-0.15, -0.1) is 0 Å². The van der Waals surface area contributed by atoms with Crippen molar-refractivity contribution in [3.8, 4) is 5.75 Å². The highest BCUT2D eigenvalue weighted by atomic mass is 19.1. The summed E-state index contributed by atoms with van der Waals surface area (Å²) in [5.74, 6) is 0.479. The van der Waals surface area contributed by atoms with Gasteiger partial charge in [0.15, 0.2) is 0 Å². The van der Waals surface area contributed by atoms with E-state index in [0.29, 0.717) is 12.2 Å². The molecule has 4 heteroatoms. The molecule has 1 aromatic carbocycles. The van der Waals surface area contributed by atoms with Gasteiger partial charge in [-0.25, -0.2) is 4.39 Å². The van der Waals surface area contributed by atoms with Crippen molar-refractivity contribution in [3.05, 3.63) is 29.6 Å². The monoisotopic (exact) mass is 252 g/mol. The van der Waals surface area contributed by atoms with E-state index in [0.717, 1.165) is 25.2 Å². The zero-order valence-corrected chi connectivity index (χ0v) is 10.9. The molecule has 0 amide bonds. The molecule has 100 valence electrons. The zero-order valence-electron chi connectivity index (χ0n) is 10.9. The topological polar surface area (TPSA) is 38.5 Å². The Morgan fingerprint density at radius 2 is 2.11 bits per heavy atom. The minimum absolute atomic E-state index is 0.0267. The summed E-state index contributed by atoms with van der Waals surface area (Å²) in [7, 11) is 1.60. The molecule has 1 heterocycles. The second-order valence-electron chi connectivity index (χ2n) is 4.93. The van der Waals surface area contributed by atoms with E-state index in [2.05, 4.69) is 4.90 Å². The molecule has 1 aliphatic heterocycles. The molecule has 2 N–H and O–H groups in total. The summed E-state index contributed by atoms with van der Waals surface area (Å²) >= 11 is 0. The van der Waals surface area contributed by atoms with Gasteiger partial charge in [-0.1, -0.05) is 0 Å². The molecule has 1 aliphatic rings. The number of hydrogen-bond acceptors (Lipinski definition) is 3. The third-order valence-electron chi connectivity index (χ3n) is 3.42. The van der Waals surface area contributed by atoms with Crippen molar-refractivity contribution < 1.29 is 9.13 Å². The fraction of sp³-hybridized carbons (Fsp3) is 0.571. The molecule has 18 heavy (non-hydrogen) atoms. The molecule has 1 aromatic rings. The van der Waals surface area contributed by atoms with E-state index in [4.69, 9.17) is 10.5 Å². The number of ether oxygens (including phenoxy) is 1. The standard InChI is InChI=1S/C14H21FN2O/c1-18-14-5-4-12(15)8-11(14)9-13(16)10-17-6-2-3-7-17/h4-5,8,13H,2-3,6-7,9-10,16H2,1H3. The molecular weight excluding hydrogens is 231 g/mol. The van der Waals surface area contributed by atoms with Crippen molar-refractivity contribution in [2.75, 3.05) is 26.7 Å². The molecule has 0 aliphatic carbocycles. The Labute approximate surface area is 108 Å². The third kappa shape index (κ3) is 3.43. The highest BCUT2D eigenvalue weighted by Crippen LogP contribution is 2.21. The number of benzene rings is 1. The van der Waals surface area contributed by atoms with E-state index >= 15 is 0 Å². The Bertz CT molecular complexity index is 391. The van der Waals surface area contributed by atoms with Crippen molar-refractivity contribution in [2.24, 2.45) is 5.73 Å². The van der Waals surface area contributed by atoms with Crippen LogP contribution in [-0.4, -0.2) is 37.7 Å². The van der Waals surface area contributed by atoms with Crippen LogP contribution in [0.15, 0.2) is 18.2 Å². The van der Waals surface area contributed by atoms with Gasteiger partial charge in [-0.3, -0.25) is 0 Å². The summed E-state index contributed by atoms with van der Waals surface area (Å²) in [6.45, 7) is 3.14. The lowest BCUT2D eigenvalue weighted by Gasteiger charge is -2.21. The van der Waals surface area contributed by atoms with Crippen LogP contribution in [0, 0.1) is 5.82 Å². The van der Waals surface area contributed by atoms with Crippen LogP contribution in [0.1, 0.15) is 18.4 Å². The smallest absolute Gasteiger partial charge is 0.123 e. The van der Waals surface area contributed by atoms with Crippen LogP contribution in [0.4, 0.5) is 4.39 Å². The first-order valence-corrected chi connectivity index (χ1v) is 6.49. The largest absolute Gasteiger partial charge is 0.496 e. The predicted octanol–water partition coefficient (Wildman–Crippen LogP) is 1.80. The van der Waals surface area contributed by atoms with Crippen molar-refractivity contribution in [2.45, 2.75) is 25.3 Å². The Balaban J connectivity index is 1.96. The third-order valence-corrected chi connectivity index (χ3v) is 3.42. The van der Waals surface area contributed by atoms with Gasteiger partial charge in [-0.2, -0.15) is 0 Å². The van der Waals surface area contributed by atoms with E-state index in [1.807, 2.05) is 0 Å². The Hall–Kier alpha value is -1.13. The molecule has 2 rings (SSSR count). The first-order valence-electron chi connectivity index (χ1n) is 6.49. The lowest BCUT2D eigenvalue weighted by atomic mass is 10.0. The maximum absolute atomic E-state index is 13.2. The number of methoxy groups -OCH3 is 1. The highest BCUT2D eigenvalue weighted by Gasteiger charge is 2.16. The first kappa shape index (κ1) is 13.3. The summed E-state index contributed by atoms with van der Waals surface area (Å²) in [4.78, 5) is 2.37. The fourth-order valence-corrected chi connectivity index (χ4v) is 2.55. The number of nitrogens with zero attached hydrogens (tertiary/aromatic N) is 1. The molecular formula is C14H21FN2O. The fourth-order valence-electron chi connectivity index (χ4n) is 2.55. The van der Waals surface area contributed by atoms with E-state index in [1.54, 1.807) is 13.2 Å². The van der Waals surface area contributed by atoms with Crippen LogP contribution in [-0.2, 0) is 6.42 Å². The maximum Gasteiger partial charge on any atom is 0.123 e. The van der Waals surface area contributed by atoms with Crippen molar-refractivity contribution in [1.29, 1.82) is 0 Å². The van der Waals surface area contributed by atoms with E-state index in [1.165, 1.54) is 25.0 Å². The van der Waals surface area contributed by atoms with E-state index in [-0.39, 0.29) is 11.9 Å². The summed E-state index contributed by atoms with van der Waals surface area (Å²) in [5, 5.41) is 0. The van der Waals surface area contributed by atoms with Gasteiger partial charge in [-0.05, 0) is 56.1 Å². The van der Waals surface area contributed by atoms with E-state index < -0.39 is 0 Å². The summed E-state index contributed by atoms with van der Waals surface area (Å²) in [6, 6.07) is 4.61. The Kier molecular flexibility index (Phi) is 4.55. The van der Waals surface area contributed by atoms with Gasteiger partial charge < -0.3 is 15.4 Å². The van der Waals surface area contributed by atoms with Crippen LogP contribution in [0.5, 0.6) is 5.75 Å². The first-order chi connectivity index (χ1) is 8.69. The van der Waals surface area contributed by atoms with E-state index in [9.17, 15) is 4.39 Å². The Morgan fingerprint density at radius 1 is 1.39 bits per heavy atom. The number of halogens is 1. The molecule has 1 saturated heterocycles. The van der Waals surface area contributed by atoms with Gasteiger partial charge in [0.05, 0.1) is 7.11 Å². The number of likely N-dealkylation sites (tertiary alicyclic amines) is 1. The lowest BCUT2D eigenvalue weighted by molar-refractivity contribution is 0.311. The zero-order chi connectivity index (χ0) is 13.0. The highest BCUT2D eigenvalue weighted by molar-refractivity contribution is 5.34. The van der Waals surface area contributed by atoms with Crippen LogP contribution in [0.2, 0.25) is 0 Å². The molecule has 0 spiro atoms. The number of hydrogen-bond donors (Lipinski definition) is 1. The minimum atomic E-state index is -0.237. The second-order valence-corrected chi connectivity index (χ2v) is 4.93. The van der Waals surface area contributed by atoms with Crippen molar-refractivity contribution in [3.63, 3.8) is 0 Å². The second kappa shape index (κ2) is 6.16. The molecule has 0 aromatic heterocycles. The van der Waals surface area contributed by atoms with Crippen LogP contribution in [0.25, 0.3) is 0 Å². The molecule has 1 unspecified atom stereocenters. The normalized spacial score (nSPS) is 17.9. The Morgan fingerprint density at radius 3 is 2.78 bits per heavy atom. The quantitative estimate of drug-likeness (QED) is 0.868. The molecule has 1 atom stereocenters. The predicted molar refractivity (Wildman–Crippen MR) is 70.3 cm³/mol. The van der Waals surface area contributed by atoms with Gasteiger partial charge in [0, 0.05) is 12.6 Å². The molecule has 3 nitrogen and oxygen atoms in total. The van der Waals surface area contributed by atoms with Crippen molar-refractivity contribution in [1.82, 2.24) is 4.90 Å². The van der Waals surface area contributed by atoms with Crippen LogP contribution in [0.3, 0.4) is 0 Å². The SMILES string of the molecule is COc1ccc(F)cc1CC(N)CN1CCCC1. The van der Waals surface area contributed by atoms with Crippen LogP contribution >= 0.6 is 0 Å². The molecule has 1 fully saturated rings.